The molecule has 0 radical (unpaired) electrons. The van der Waals surface area contributed by atoms with Gasteiger partial charge in [0, 0.05) is 18.2 Å². The Morgan fingerprint density at radius 2 is 2.00 bits per heavy atom. The van der Waals surface area contributed by atoms with Gasteiger partial charge in [-0.1, -0.05) is 43.8 Å². The molecule has 1 rings (SSSR count). The van der Waals surface area contributed by atoms with Gasteiger partial charge in [0.1, 0.15) is 13.8 Å². The normalized spacial score (nSPS) is 11.8. The van der Waals surface area contributed by atoms with E-state index in [-0.39, 0.29) is 5.76 Å². The van der Waals surface area contributed by atoms with E-state index in [1.807, 2.05) is 24.3 Å². The quantitative estimate of drug-likeness (QED) is 0.364. The van der Waals surface area contributed by atoms with Crippen LogP contribution in [0.2, 0.25) is 19.6 Å². The van der Waals surface area contributed by atoms with Gasteiger partial charge in [0.05, 0.1) is 0 Å². The van der Waals surface area contributed by atoms with Crippen molar-refractivity contribution in [3.8, 4) is 11.5 Å². The fourth-order valence-corrected chi connectivity index (χ4v) is 1.78. The predicted molar refractivity (Wildman–Crippen MR) is 76.4 cm³/mol. The molecule has 1 aromatic rings. The van der Waals surface area contributed by atoms with Crippen molar-refractivity contribution in [2.24, 2.45) is 0 Å². The maximum Gasteiger partial charge on any atom is 0.129 e. The summed E-state index contributed by atoms with van der Waals surface area (Å²) in [5.41, 5.74) is 10.6. The maximum atomic E-state index is 9.74. The minimum atomic E-state index is -1.37. The molecule has 0 saturated heterocycles. The Labute approximate surface area is 104 Å². The van der Waals surface area contributed by atoms with E-state index in [4.69, 9.17) is 5.73 Å². The minimum absolute atomic E-state index is 0.258. The molecule has 1 aromatic carbocycles. The number of allylic oxidation sites excluding steroid dienone is 2. The molecule has 0 aliphatic heterocycles. The largest absolute Gasteiger partial charge is 0.511 e. The first-order valence-electron chi connectivity index (χ1n) is 5.62. The molecule has 0 saturated carbocycles. The van der Waals surface area contributed by atoms with E-state index in [2.05, 4.69) is 31.1 Å². The van der Waals surface area contributed by atoms with Gasteiger partial charge in [0.15, 0.2) is 0 Å². The molecule has 90 valence electrons. The van der Waals surface area contributed by atoms with Crippen molar-refractivity contribution in [3.05, 3.63) is 41.7 Å². The average Bonchev–Trinajstić information content (AvgIpc) is 2.19. The minimum Gasteiger partial charge on any atom is -0.511 e. The molecule has 3 heteroatoms. The van der Waals surface area contributed by atoms with Gasteiger partial charge in [-0.2, -0.15) is 0 Å². The second kappa shape index (κ2) is 5.60. The second-order valence-electron chi connectivity index (χ2n) is 5.03. The maximum absolute atomic E-state index is 9.74. The van der Waals surface area contributed by atoms with Crippen molar-refractivity contribution in [3.63, 3.8) is 0 Å². The molecule has 0 spiro atoms. The Morgan fingerprint density at radius 3 is 2.59 bits per heavy atom. The lowest BCUT2D eigenvalue weighted by Gasteiger charge is -2.04. The van der Waals surface area contributed by atoms with Gasteiger partial charge in [-0.3, -0.25) is 0 Å². The number of hydrogen-bond acceptors (Lipinski definition) is 2. The van der Waals surface area contributed by atoms with Crippen molar-refractivity contribution in [1.82, 2.24) is 0 Å². The van der Waals surface area contributed by atoms with Crippen LogP contribution < -0.4 is 5.73 Å². The molecular weight excluding hydrogens is 226 g/mol. The average molecular weight is 245 g/mol. The summed E-state index contributed by atoms with van der Waals surface area (Å²) in [7, 11) is -1.37. The number of aliphatic hydroxyl groups is 1. The van der Waals surface area contributed by atoms with Crippen LogP contribution in [0.1, 0.15) is 5.56 Å². The number of nitrogen functional groups attached to an aromatic ring is 1. The molecule has 0 aliphatic carbocycles. The Bertz CT molecular complexity index is 475. The number of para-hydroxylation sites is 1. The van der Waals surface area contributed by atoms with Crippen molar-refractivity contribution >= 4 is 13.8 Å². The molecule has 2 nitrogen and oxygen atoms in total. The summed E-state index contributed by atoms with van der Waals surface area (Å²) in [5.74, 6) is 3.18. The number of aliphatic hydroxyl groups excluding tert-OH is 1. The summed E-state index contributed by atoms with van der Waals surface area (Å²) >= 11 is 0. The molecule has 0 fully saturated rings. The monoisotopic (exact) mass is 245 g/mol. The highest BCUT2D eigenvalue weighted by atomic mass is 28.3. The van der Waals surface area contributed by atoms with Crippen molar-refractivity contribution in [2.45, 2.75) is 26.1 Å². The van der Waals surface area contributed by atoms with Gasteiger partial charge in [-0.15, -0.1) is 5.54 Å². The van der Waals surface area contributed by atoms with Crippen LogP contribution in [0, 0.1) is 11.5 Å². The lowest BCUT2D eigenvalue weighted by Crippen LogP contribution is -2.16. The number of nitrogens with two attached hydrogens (primary N) is 1. The van der Waals surface area contributed by atoms with Crippen LogP contribution in [0.3, 0.4) is 0 Å². The molecule has 0 amide bonds. The topological polar surface area (TPSA) is 46.2 Å². The Balaban J connectivity index is 2.72. The number of benzene rings is 1. The zero-order valence-electron chi connectivity index (χ0n) is 10.6. The summed E-state index contributed by atoms with van der Waals surface area (Å²) in [5, 5.41) is 9.74. The Hall–Kier alpha value is -1.66. The number of rotatable bonds is 2. The molecule has 3 N–H and O–H groups in total. The van der Waals surface area contributed by atoms with E-state index in [1.165, 1.54) is 0 Å². The standard InChI is InChI=1S/C14H19NOSi/c1-17(2,3)10-6-8-13(16)11-12-7-4-5-9-14(12)15/h4-5,7-9,16H,11,15H2,1-3H3. The van der Waals surface area contributed by atoms with Crippen molar-refractivity contribution in [1.29, 1.82) is 0 Å². The van der Waals surface area contributed by atoms with E-state index < -0.39 is 8.07 Å². The first-order chi connectivity index (χ1) is 7.88. The molecule has 0 unspecified atom stereocenters. The predicted octanol–water partition coefficient (Wildman–Crippen LogP) is 3.13. The van der Waals surface area contributed by atoms with Gasteiger partial charge in [0.2, 0.25) is 0 Å². The molecule has 0 aromatic heterocycles. The summed E-state index contributed by atoms with van der Waals surface area (Å²) in [6.45, 7) is 6.50. The molecule has 0 bridgehead atoms. The third-order valence-corrected chi connectivity index (χ3v) is 3.01. The molecule has 0 heterocycles. The third-order valence-electron chi connectivity index (χ3n) is 2.11. The van der Waals surface area contributed by atoms with Crippen LogP contribution >= 0.6 is 0 Å². The first kappa shape index (κ1) is 13.4. The van der Waals surface area contributed by atoms with Crippen LogP contribution in [0.4, 0.5) is 5.69 Å². The lowest BCUT2D eigenvalue weighted by molar-refractivity contribution is 0.399. The van der Waals surface area contributed by atoms with Gasteiger partial charge in [-0.05, 0) is 11.6 Å². The van der Waals surface area contributed by atoms with Crippen LogP contribution in [0.25, 0.3) is 0 Å². The zero-order valence-corrected chi connectivity index (χ0v) is 11.6. The van der Waals surface area contributed by atoms with Crippen LogP contribution in [0.5, 0.6) is 0 Å². The SMILES string of the molecule is C[Si](C)(C)C#CC=C(O)Cc1ccccc1N. The zero-order chi connectivity index (χ0) is 12.9. The fourth-order valence-electron chi connectivity index (χ4n) is 1.28. The second-order valence-corrected chi connectivity index (χ2v) is 9.78. The number of hydrogen-bond donors (Lipinski definition) is 2. The van der Waals surface area contributed by atoms with E-state index >= 15 is 0 Å². The highest BCUT2D eigenvalue weighted by Gasteiger charge is 2.07. The van der Waals surface area contributed by atoms with E-state index in [0.29, 0.717) is 12.1 Å². The molecular formula is C14H19NOSi. The Kier molecular flexibility index (Phi) is 4.42. The van der Waals surface area contributed by atoms with Gasteiger partial charge >= 0.3 is 0 Å². The lowest BCUT2D eigenvalue weighted by atomic mass is 10.1. The van der Waals surface area contributed by atoms with E-state index in [1.54, 1.807) is 6.08 Å². The van der Waals surface area contributed by atoms with Crippen LogP contribution in [-0.2, 0) is 6.42 Å². The summed E-state index contributed by atoms with van der Waals surface area (Å²) < 4.78 is 0. The van der Waals surface area contributed by atoms with Crippen molar-refractivity contribution < 1.29 is 5.11 Å². The smallest absolute Gasteiger partial charge is 0.129 e. The summed E-state index contributed by atoms with van der Waals surface area (Å²) in [6.07, 6.45) is 2.01. The summed E-state index contributed by atoms with van der Waals surface area (Å²) in [4.78, 5) is 0. The summed E-state index contributed by atoms with van der Waals surface area (Å²) in [6, 6.07) is 7.53. The molecule has 17 heavy (non-hydrogen) atoms. The van der Waals surface area contributed by atoms with Gasteiger partial charge < -0.3 is 10.8 Å². The first-order valence-corrected chi connectivity index (χ1v) is 9.12. The van der Waals surface area contributed by atoms with Crippen molar-refractivity contribution in [2.75, 3.05) is 5.73 Å². The third kappa shape index (κ3) is 5.28. The van der Waals surface area contributed by atoms with Gasteiger partial charge in [0.25, 0.3) is 0 Å². The highest BCUT2D eigenvalue weighted by Crippen LogP contribution is 2.13. The fraction of sp³-hybridized carbons (Fsp3) is 0.286. The van der Waals surface area contributed by atoms with Crippen LogP contribution in [-0.4, -0.2) is 13.2 Å². The Morgan fingerprint density at radius 1 is 1.35 bits per heavy atom. The van der Waals surface area contributed by atoms with Gasteiger partial charge in [-0.25, -0.2) is 0 Å². The molecule has 0 aliphatic rings. The molecule has 0 atom stereocenters. The van der Waals surface area contributed by atoms with E-state index in [0.717, 1.165) is 5.56 Å². The number of anilines is 1. The van der Waals surface area contributed by atoms with E-state index in [9.17, 15) is 5.11 Å². The highest BCUT2D eigenvalue weighted by molar-refractivity contribution is 6.83. The van der Waals surface area contributed by atoms with Crippen LogP contribution in [0.15, 0.2) is 36.1 Å².